The summed E-state index contributed by atoms with van der Waals surface area (Å²) < 4.78 is 16.9. The van der Waals surface area contributed by atoms with Crippen molar-refractivity contribution in [1.82, 2.24) is 15.3 Å². The number of fused-ring (bicyclic) bond motifs is 2. The fourth-order valence-corrected chi connectivity index (χ4v) is 4.64. The topological polar surface area (TPSA) is 131 Å². The molecule has 2 aromatic heterocycles. The molecule has 2 aliphatic heterocycles. The van der Waals surface area contributed by atoms with Gasteiger partial charge in [0, 0.05) is 31.4 Å². The molecule has 3 aromatic rings. The van der Waals surface area contributed by atoms with Crippen LogP contribution in [0.2, 0.25) is 0 Å². The van der Waals surface area contributed by atoms with Crippen molar-refractivity contribution in [3.05, 3.63) is 30.5 Å². The van der Waals surface area contributed by atoms with E-state index in [0.717, 1.165) is 6.54 Å². The van der Waals surface area contributed by atoms with Gasteiger partial charge in [0.2, 0.25) is 5.95 Å². The molecule has 4 heterocycles. The van der Waals surface area contributed by atoms with E-state index in [1.54, 1.807) is 38.3 Å². The van der Waals surface area contributed by atoms with Crippen LogP contribution in [0.25, 0.3) is 11.1 Å². The van der Waals surface area contributed by atoms with Crippen LogP contribution in [-0.2, 0) is 9.53 Å². The number of carbonyl (C=O) groups excluding carboxylic acids is 2. The van der Waals surface area contributed by atoms with Crippen LogP contribution in [0.15, 0.2) is 34.9 Å². The molecule has 11 heteroatoms. The average Bonchev–Trinajstić information content (AvgIpc) is 3.43. The average molecular weight is 523 g/mol. The Morgan fingerprint density at radius 2 is 2.03 bits per heavy atom. The monoisotopic (exact) mass is 522 g/mol. The van der Waals surface area contributed by atoms with E-state index in [1.807, 2.05) is 26.8 Å². The third-order valence-corrected chi connectivity index (χ3v) is 6.66. The Labute approximate surface area is 221 Å². The Morgan fingerprint density at radius 1 is 1.24 bits per heavy atom. The first-order valence-corrected chi connectivity index (χ1v) is 12.8. The van der Waals surface area contributed by atoms with E-state index < -0.39 is 17.3 Å². The maximum absolute atomic E-state index is 12.3. The van der Waals surface area contributed by atoms with E-state index in [1.165, 1.54) is 0 Å². The molecule has 1 saturated heterocycles. The summed E-state index contributed by atoms with van der Waals surface area (Å²) in [6, 6.07) is 7.25. The van der Waals surface area contributed by atoms with Crippen molar-refractivity contribution in [2.24, 2.45) is 11.8 Å². The van der Waals surface area contributed by atoms with Gasteiger partial charge in [-0.2, -0.15) is 4.98 Å². The molecular formula is C27H34N6O5. The summed E-state index contributed by atoms with van der Waals surface area (Å²) >= 11 is 0. The van der Waals surface area contributed by atoms with Crippen LogP contribution in [0.3, 0.4) is 0 Å². The fourth-order valence-electron chi connectivity index (χ4n) is 4.64. The molecule has 202 valence electrons. The maximum atomic E-state index is 12.3. The number of alkyl carbamates (subject to hydrolysis) is 1. The predicted octanol–water partition coefficient (Wildman–Crippen LogP) is 4.67. The minimum Gasteiger partial charge on any atom is -0.476 e. The lowest BCUT2D eigenvalue weighted by Gasteiger charge is -2.31. The lowest BCUT2D eigenvalue weighted by atomic mass is 9.98. The van der Waals surface area contributed by atoms with Crippen LogP contribution in [0, 0.1) is 11.8 Å². The zero-order chi connectivity index (χ0) is 27.2. The quantitative estimate of drug-likeness (QED) is 0.437. The van der Waals surface area contributed by atoms with Gasteiger partial charge in [-0.3, -0.25) is 4.79 Å². The Kier molecular flexibility index (Phi) is 6.32. The number of anilines is 4. The number of benzene rings is 1. The summed E-state index contributed by atoms with van der Waals surface area (Å²) in [5.41, 5.74) is 1.10. The maximum Gasteiger partial charge on any atom is 0.407 e. The molecule has 0 spiro atoms. The van der Waals surface area contributed by atoms with Crippen LogP contribution in [0.1, 0.15) is 41.5 Å². The molecule has 0 saturated carbocycles. The van der Waals surface area contributed by atoms with Gasteiger partial charge in [0.1, 0.15) is 16.9 Å². The Hall–Kier alpha value is -4.02. The normalized spacial score (nSPS) is 20.5. The second-order valence-electron chi connectivity index (χ2n) is 11.4. The van der Waals surface area contributed by atoms with Crippen molar-refractivity contribution < 1.29 is 23.5 Å². The molecule has 2 unspecified atom stereocenters. The number of carbonyl (C=O) groups is 2. The Morgan fingerprint density at radius 3 is 2.79 bits per heavy atom. The Balaban J connectivity index is 1.33. The summed E-state index contributed by atoms with van der Waals surface area (Å²) in [5, 5.41) is 9.04. The molecule has 38 heavy (non-hydrogen) atoms. The van der Waals surface area contributed by atoms with Gasteiger partial charge in [-0.05, 0) is 64.7 Å². The molecule has 1 fully saturated rings. The number of hydrogen-bond acceptors (Lipinski definition) is 9. The van der Waals surface area contributed by atoms with Crippen molar-refractivity contribution in [1.29, 1.82) is 0 Å². The zero-order valence-corrected chi connectivity index (χ0v) is 22.5. The van der Waals surface area contributed by atoms with Gasteiger partial charge < -0.3 is 34.7 Å². The van der Waals surface area contributed by atoms with Crippen molar-refractivity contribution in [3.63, 3.8) is 0 Å². The minimum atomic E-state index is -0.931. The standard InChI is InChI=1S/C27H34N6O5/c1-15-13-33(14-16(15)12-28-25(35)38-26(2,3)4)22-21-18(9-10-36-21)31-24(32-22)29-17-7-8-20-19(11-17)30-23(34)27(5,6)37-20/h7-11,15-16H,12-14H2,1-6H3,(H,28,35)(H,30,34)(H,29,31,32). The number of hydrogen-bond donors (Lipinski definition) is 3. The third-order valence-electron chi connectivity index (χ3n) is 6.66. The molecule has 2 atom stereocenters. The molecular weight excluding hydrogens is 488 g/mol. The lowest BCUT2D eigenvalue weighted by Crippen LogP contribution is -2.45. The molecule has 0 radical (unpaired) electrons. The summed E-state index contributed by atoms with van der Waals surface area (Å²) in [7, 11) is 0. The van der Waals surface area contributed by atoms with Gasteiger partial charge in [0.15, 0.2) is 17.0 Å². The van der Waals surface area contributed by atoms with Crippen LogP contribution >= 0.6 is 0 Å². The predicted molar refractivity (Wildman–Crippen MR) is 144 cm³/mol. The van der Waals surface area contributed by atoms with E-state index in [0.29, 0.717) is 59.0 Å². The van der Waals surface area contributed by atoms with Crippen LogP contribution < -0.4 is 25.6 Å². The molecule has 0 bridgehead atoms. The third kappa shape index (κ3) is 5.32. The number of nitrogens with one attached hydrogen (secondary N) is 3. The van der Waals surface area contributed by atoms with Gasteiger partial charge in [-0.1, -0.05) is 6.92 Å². The van der Waals surface area contributed by atoms with Crippen molar-refractivity contribution in [2.75, 3.05) is 35.2 Å². The number of nitrogens with zero attached hydrogens (tertiary/aromatic N) is 3. The molecule has 11 nitrogen and oxygen atoms in total. The van der Waals surface area contributed by atoms with Gasteiger partial charge in [0.05, 0.1) is 12.0 Å². The number of ether oxygens (including phenoxy) is 2. The smallest absolute Gasteiger partial charge is 0.407 e. The Bertz CT molecular complexity index is 1380. The fraction of sp³-hybridized carbons (Fsp3) is 0.481. The first-order chi connectivity index (χ1) is 17.9. The van der Waals surface area contributed by atoms with Crippen LogP contribution in [0.5, 0.6) is 5.75 Å². The van der Waals surface area contributed by atoms with E-state index in [-0.39, 0.29) is 11.8 Å². The largest absolute Gasteiger partial charge is 0.476 e. The first-order valence-electron chi connectivity index (χ1n) is 12.8. The number of rotatable bonds is 5. The van der Waals surface area contributed by atoms with E-state index in [4.69, 9.17) is 18.9 Å². The molecule has 3 N–H and O–H groups in total. The van der Waals surface area contributed by atoms with Crippen molar-refractivity contribution in [3.8, 4) is 5.75 Å². The van der Waals surface area contributed by atoms with E-state index in [9.17, 15) is 9.59 Å². The van der Waals surface area contributed by atoms with Crippen molar-refractivity contribution in [2.45, 2.75) is 52.7 Å². The second kappa shape index (κ2) is 9.38. The molecule has 1 aromatic carbocycles. The van der Waals surface area contributed by atoms with Gasteiger partial charge in [-0.25, -0.2) is 9.78 Å². The minimum absolute atomic E-state index is 0.209. The SMILES string of the molecule is CC1CN(c2nc(Nc3ccc4c(c3)NC(=O)C(C)(C)O4)nc3ccoc23)CC1CNC(=O)OC(C)(C)C. The van der Waals surface area contributed by atoms with Crippen molar-refractivity contribution >= 4 is 46.2 Å². The first kappa shape index (κ1) is 25.6. The molecule has 2 aliphatic rings. The highest BCUT2D eigenvalue weighted by Crippen LogP contribution is 2.37. The summed E-state index contributed by atoms with van der Waals surface area (Å²) in [5.74, 6) is 2.01. The number of aromatic nitrogens is 2. The number of amides is 2. The van der Waals surface area contributed by atoms with Gasteiger partial charge >= 0.3 is 6.09 Å². The highest BCUT2D eigenvalue weighted by atomic mass is 16.6. The van der Waals surface area contributed by atoms with Gasteiger partial charge in [-0.15, -0.1) is 0 Å². The van der Waals surface area contributed by atoms with Crippen LogP contribution in [0.4, 0.5) is 27.9 Å². The van der Waals surface area contributed by atoms with E-state index in [2.05, 4.69) is 32.8 Å². The second-order valence-corrected chi connectivity index (χ2v) is 11.4. The lowest BCUT2D eigenvalue weighted by molar-refractivity contribution is -0.129. The molecule has 2 amide bonds. The van der Waals surface area contributed by atoms with Gasteiger partial charge in [0.25, 0.3) is 5.91 Å². The molecule has 0 aliphatic carbocycles. The van der Waals surface area contributed by atoms with E-state index >= 15 is 0 Å². The summed E-state index contributed by atoms with van der Waals surface area (Å²) in [6.45, 7) is 13.1. The summed E-state index contributed by atoms with van der Waals surface area (Å²) in [4.78, 5) is 36.0. The summed E-state index contributed by atoms with van der Waals surface area (Å²) in [6.07, 6.45) is 1.18. The highest BCUT2D eigenvalue weighted by Gasteiger charge is 2.36. The molecule has 5 rings (SSSR count). The van der Waals surface area contributed by atoms with Crippen LogP contribution in [-0.4, -0.2) is 52.8 Å². The zero-order valence-electron chi connectivity index (χ0n) is 22.5. The number of furan rings is 1. The highest BCUT2D eigenvalue weighted by molar-refractivity contribution is 6.00.